The van der Waals surface area contributed by atoms with Crippen LogP contribution in [-0.2, 0) is 28.4 Å². The molecule has 244 valence electrons. The van der Waals surface area contributed by atoms with Crippen molar-refractivity contribution in [3.8, 4) is 0 Å². The van der Waals surface area contributed by atoms with Crippen molar-refractivity contribution in [3.63, 3.8) is 0 Å². The average Bonchev–Trinajstić information content (AvgIpc) is 3.40. The number of carbonyl (C=O) groups excluding carboxylic acids is 1. The molecule has 1 saturated heterocycles. The van der Waals surface area contributed by atoms with Crippen LogP contribution in [0.15, 0.2) is 30.3 Å². The molecule has 44 heavy (non-hydrogen) atoms. The van der Waals surface area contributed by atoms with E-state index in [2.05, 4.69) is 11.8 Å². The van der Waals surface area contributed by atoms with E-state index in [9.17, 15) is 20.1 Å². The van der Waals surface area contributed by atoms with E-state index in [0.29, 0.717) is 31.7 Å². The first-order chi connectivity index (χ1) is 21.1. The van der Waals surface area contributed by atoms with Gasteiger partial charge in [-0.2, -0.15) is 0 Å². The standard InChI is InChI=1S/C33H47NO10/c1-7-34-15-30(16-39-2)19(35)13-20(40-3)32-18-14-31(38)27(44-29(37)17-11-9-8-10-12-17)21(18)33(43-6,26(36)28(31)42-5)22(25(32)34)23(41-4)24(30)32/h8-12,18-28,35-36,38H,7,13-16H2,1-6H3/t18-,19-,20+,21-,22-,23+,24-,25-,26+,27-,28+,30+,31-,32-,33-/m1/s1. The van der Waals surface area contributed by atoms with Crippen LogP contribution < -0.4 is 0 Å². The summed E-state index contributed by atoms with van der Waals surface area (Å²) in [5.74, 6) is -2.20. The van der Waals surface area contributed by atoms with Crippen molar-refractivity contribution in [3.05, 3.63) is 35.9 Å². The largest absolute Gasteiger partial charge is 0.455 e. The number of likely N-dealkylation sites (tertiary alicyclic amines) is 1. The van der Waals surface area contributed by atoms with Gasteiger partial charge < -0.3 is 43.7 Å². The van der Waals surface area contributed by atoms with Crippen molar-refractivity contribution in [2.24, 2.45) is 34.5 Å². The predicted molar refractivity (Wildman–Crippen MR) is 156 cm³/mol. The number of methoxy groups -OCH3 is 5. The minimum absolute atomic E-state index is 0.177. The Morgan fingerprint density at radius 1 is 1.00 bits per heavy atom. The van der Waals surface area contributed by atoms with Crippen LogP contribution in [-0.4, -0.2) is 135 Å². The molecule has 5 saturated carbocycles. The molecule has 0 aromatic heterocycles. The molecule has 7 rings (SSSR count). The molecule has 3 N–H and O–H groups in total. The van der Waals surface area contributed by atoms with Crippen LogP contribution in [0.5, 0.6) is 0 Å². The molecule has 0 unspecified atom stereocenters. The molecule has 1 spiro atoms. The fraction of sp³-hybridized carbons (Fsp3) is 0.788. The zero-order valence-corrected chi connectivity index (χ0v) is 26.4. The maximum absolute atomic E-state index is 13.7. The molecule has 1 heterocycles. The van der Waals surface area contributed by atoms with Gasteiger partial charge in [-0.3, -0.25) is 4.90 Å². The number of esters is 1. The Labute approximate surface area is 258 Å². The molecular formula is C33H47NO10. The second kappa shape index (κ2) is 10.4. The highest BCUT2D eigenvalue weighted by molar-refractivity contribution is 5.89. The number of ether oxygens (including phenoxy) is 6. The maximum atomic E-state index is 13.7. The maximum Gasteiger partial charge on any atom is 0.338 e. The smallest absolute Gasteiger partial charge is 0.338 e. The number of aliphatic hydroxyl groups excluding tert-OH is 2. The minimum Gasteiger partial charge on any atom is -0.455 e. The molecule has 0 amide bonds. The Balaban J connectivity index is 1.50. The van der Waals surface area contributed by atoms with Crippen LogP contribution in [0, 0.1) is 34.5 Å². The Morgan fingerprint density at radius 3 is 2.32 bits per heavy atom. The summed E-state index contributed by atoms with van der Waals surface area (Å²) in [4.78, 5) is 16.1. The molecule has 11 nitrogen and oxygen atoms in total. The van der Waals surface area contributed by atoms with Crippen molar-refractivity contribution >= 4 is 5.97 Å². The molecular weight excluding hydrogens is 570 g/mol. The molecule has 7 bridgehead atoms. The predicted octanol–water partition coefficient (Wildman–Crippen LogP) is 0.731. The van der Waals surface area contributed by atoms with Crippen LogP contribution in [0.2, 0.25) is 0 Å². The summed E-state index contributed by atoms with van der Waals surface area (Å²) in [5, 5.41) is 37.1. The van der Waals surface area contributed by atoms with Gasteiger partial charge in [-0.25, -0.2) is 4.79 Å². The molecule has 1 aromatic carbocycles. The van der Waals surface area contributed by atoms with Gasteiger partial charge in [0.25, 0.3) is 0 Å². The van der Waals surface area contributed by atoms with E-state index >= 15 is 0 Å². The fourth-order valence-corrected chi connectivity index (χ4v) is 12.3. The second-order valence-corrected chi connectivity index (χ2v) is 14.0. The Hall–Kier alpha value is -1.67. The van der Waals surface area contributed by atoms with Crippen molar-refractivity contribution in [1.82, 2.24) is 4.90 Å². The number of hydrogen-bond donors (Lipinski definition) is 3. The van der Waals surface area contributed by atoms with Crippen LogP contribution in [0.4, 0.5) is 0 Å². The lowest BCUT2D eigenvalue weighted by Crippen LogP contribution is -2.81. The summed E-state index contributed by atoms with van der Waals surface area (Å²) in [6, 6.07) is 8.55. The zero-order valence-electron chi connectivity index (χ0n) is 26.4. The third kappa shape index (κ3) is 3.31. The number of piperidine rings is 1. The SMILES string of the molecule is CCN1C[C@]2(COC)[C@H](O)C[C@H](OC)[C@]34[C@@H]5C[C@@]6(O)[C@H](OC(=O)c7ccccc7)[C@@H]5[C@@](OC)([C@H]([C@H](OC)[C@H]23)[C@@H]14)[C@@H](O)[C@@H]6OC. The van der Waals surface area contributed by atoms with Crippen molar-refractivity contribution in [2.75, 3.05) is 55.2 Å². The summed E-state index contributed by atoms with van der Waals surface area (Å²) >= 11 is 0. The quantitative estimate of drug-likeness (QED) is 0.339. The van der Waals surface area contributed by atoms with Gasteiger partial charge in [-0.05, 0) is 31.0 Å². The number of aliphatic hydroxyl groups is 3. The van der Waals surface area contributed by atoms with Crippen LogP contribution in [0.3, 0.4) is 0 Å². The number of carbonyl (C=O) groups is 1. The van der Waals surface area contributed by atoms with Gasteiger partial charge in [0.15, 0.2) is 0 Å². The van der Waals surface area contributed by atoms with Crippen LogP contribution in [0.1, 0.15) is 30.1 Å². The number of nitrogens with zero attached hydrogens (tertiary/aromatic N) is 1. The summed E-state index contributed by atoms with van der Waals surface area (Å²) in [6.45, 7) is 3.68. The topological polar surface area (TPSA) is 136 Å². The van der Waals surface area contributed by atoms with Gasteiger partial charge in [0, 0.05) is 83.1 Å². The lowest BCUT2D eigenvalue weighted by molar-refractivity contribution is -0.325. The van der Waals surface area contributed by atoms with Gasteiger partial charge in [0.2, 0.25) is 0 Å². The van der Waals surface area contributed by atoms with E-state index in [4.69, 9.17) is 28.4 Å². The molecule has 11 heteroatoms. The van der Waals surface area contributed by atoms with E-state index in [1.165, 1.54) is 7.11 Å². The lowest BCUT2D eigenvalue weighted by atomic mass is 9.42. The normalized spacial score (nSPS) is 51.8. The van der Waals surface area contributed by atoms with Gasteiger partial charge in [0.1, 0.15) is 29.5 Å². The van der Waals surface area contributed by atoms with Gasteiger partial charge in [-0.1, -0.05) is 25.1 Å². The highest BCUT2D eigenvalue weighted by Crippen LogP contribution is 2.80. The third-order valence-electron chi connectivity index (χ3n) is 13.2. The molecule has 1 aliphatic heterocycles. The summed E-state index contributed by atoms with van der Waals surface area (Å²) < 4.78 is 37.7. The molecule has 6 fully saturated rings. The monoisotopic (exact) mass is 617 g/mol. The lowest BCUT2D eigenvalue weighted by Gasteiger charge is -2.70. The van der Waals surface area contributed by atoms with Crippen molar-refractivity contribution in [2.45, 2.75) is 73.6 Å². The number of hydrogen-bond acceptors (Lipinski definition) is 11. The molecule has 0 radical (unpaired) electrons. The van der Waals surface area contributed by atoms with E-state index in [0.717, 1.165) is 0 Å². The Morgan fingerprint density at radius 2 is 1.73 bits per heavy atom. The summed E-state index contributed by atoms with van der Waals surface area (Å²) in [5.41, 5.74) is -4.01. The van der Waals surface area contributed by atoms with E-state index in [1.807, 2.05) is 6.07 Å². The first-order valence-electron chi connectivity index (χ1n) is 15.8. The zero-order chi connectivity index (χ0) is 31.4. The molecule has 15 atom stereocenters. The Bertz CT molecular complexity index is 1270. The van der Waals surface area contributed by atoms with Crippen molar-refractivity contribution in [1.29, 1.82) is 0 Å². The highest BCUT2D eigenvalue weighted by atomic mass is 16.6. The van der Waals surface area contributed by atoms with Crippen LogP contribution in [0.25, 0.3) is 0 Å². The summed E-state index contributed by atoms with van der Waals surface area (Å²) in [7, 11) is 8.09. The van der Waals surface area contributed by atoms with E-state index < -0.39 is 76.5 Å². The fourth-order valence-electron chi connectivity index (χ4n) is 12.3. The Kier molecular flexibility index (Phi) is 7.33. The first kappa shape index (κ1) is 31.0. The minimum atomic E-state index is -1.71. The van der Waals surface area contributed by atoms with Gasteiger partial charge in [0.05, 0.1) is 30.5 Å². The number of benzene rings is 1. The van der Waals surface area contributed by atoms with Crippen molar-refractivity contribution < 1.29 is 48.5 Å². The van der Waals surface area contributed by atoms with Gasteiger partial charge in [-0.15, -0.1) is 0 Å². The summed E-state index contributed by atoms with van der Waals surface area (Å²) in [6.07, 6.45) is -4.42. The van der Waals surface area contributed by atoms with E-state index in [-0.39, 0.29) is 24.3 Å². The number of fused-ring (bicyclic) bond motifs is 2. The average molecular weight is 618 g/mol. The molecule has 1 aromatic rings. The molecule has 6 aliphatic rings. The second-order valence-electron chi connectivity index (χ2n) is 14.0. The first-order valence-corrected chi connectivity index (χ1v) is 15.8. The number of rotatable bonds is 9. The highest BCUT2D eigenvalue weighted by Gasteiger charge is 2.91. The van der Waals surface area contributed by atoms with Gasteiger partial charge >= 0.3 is 5.97 Å². The third-order valence-corrected chi connectivity index (χ3v) is 13.2. The van der Waals surface area contributed by atoms with E-state index in [1.54, 1.807) is 52.7 Å². The van der Waals surface area contributed by atoms with Crippen LogP contribution >= 0.6 is 0 Å². The molecule has 5 aliphatic carbocycles.